The number of hydrogen-bond donors (Lipinski definition) is 2. The number of rotatable bonds is 11. The molecule has 0 aliphatic heterocycles. The minimum atomic E-state index is -0.509. The van der Waals surface area contributed by atoms with Crippen molar-refractivity contribution in [3.05, 3.63) is 17.5 Å². The first-order valence-corrected chi connectivity index (χ1v) is 7.62. The summed E-state index contributed by atoms with van der Waals surface area (Å²) in [6.45, 7) is 8.68. The zero-order chi connectivity index (χ0) is 15.7. The molecular weight excluding hydrogens is 270 g/mol. The zero-order valence-corrected chi connectivity index (χ0v) is 13.6. The molecule has 6 heteroatoms. The molecular formula is C15H29N3O3. The van der Waals surface area contributed by atoms with Gasteiger partial charge in [0.05, 0.1) is 37.7 Å². The molecule has 122 valence electrons. The summed E-state index contributed by atoms with van der Waals surface area (Å²) in [5, 5.41) is 17.4. The van der Waals surface area contributed by atoms with E-state index < -0.39 is 6.10 Å². The summed E-state index contributed by atoms with van der Waals surface area (Å²) in [6.07, 6.45) is 2.63. The van der Waals surface area contributed by atoms with Gasteiger partial charge in [0, 0.05) is 31.9 Å². The van der Waals surface area contributed by atoms with E-state index in [0.29, 0.717) is 32.9 Å². The predicted molar refractivity (Wildman–Crippen MR) is 82.2 cm³/mol. The van der Waals surface area contributed by atoms with Crippen LogP contribution < -0.4 is 5.32 Å². The van der Waals surface area contributed by atoms with Gasteiger partial charge in [-0.15, -0.1) is 0 Å². The van der Waals surface area contributed by atoms with Gasteiger partial charge < -0.3 is 19.9 Å². The van der Waals surface area contributed by atoms with Crippen LogP contribution in [0.15, 0.2) is 6.20 Å². The van der Waals surface area contributed by atoms with Crippen LogP contribution in [0.4, 0.5) is 0 Å². The molecule has 1 unspecified atom stereocenters. The van der Waals surface area contributed by atoms with Crippen molar-refractivity contribution in [3.63, 3.8) is 0 Å². The van der Waals surface area contributed by atoms with Crippen LogP contribution in [0.2, 0.25) is 0 Å². The molecule has 1 aromatic heterocycles. The number of aliphatic hydroxyl groups is 1. The highest BCUT2D eigenvalue weighted by atomic mass is 16.5. The summed E-state index contributed by atoms with van der Waals surface area (Å²) in [7, 11) is 1.92. The fourth-order valence-corrected chi connectivity index (χ4v) is 2.02. The SMILES string of the molecule is CCc1nn(C)cc1CNCC(O)COCCOC(C)C. The summed E-state index contributed by atoms with van der Waals surface area (Å²) in [5.41, 5.74) is 2.28. The van der Waals surface area contributed by atoms with Gasteiger partial charge in [-0.1, -0.05) is 6.92 Å². The molecule has 21 heavy (non-hydrogen) atoms. The van der Waals surface area contributed by atoms with Gasteiger partial charge in [0.15, 0.2) is 0 Å². The highest BCUT2D eigenvalue weighted by Crippen LogP contribution is 2.06. The van der Waals surface area contributed by atoms with Crippen LogP contribution in [-0.4, -0.2) is 53.5 Å². The van der Waals surface area contributed by atoms with Crippen LogP contribution in [0.25, 0.3) is 0 Å². The molecule has 1 atom stereocenters. The summed E-state index contributed by atoms with van der Waals surface area (Å²) in [4.78, 5) is 0. The van der Waals surface area contributed by atoms with Crippen molar-refractivity contribution in [3.8, 4) is 0 Å². The van der Waals surface area contributed by atoms with E-state index in [0.717, 1.165) is 12.1 Å². The highest BCUT2D eigenvalue weighted by molar-refractivity contribution is 5.16. The smallest absolute Gasteiger partial charge is 0.0897 e. The van der Waals surface area contributed by atoms with Crippen molar-refractivity contribution in [1.82, 2.24) is 15.1 Å². The molecule has 0 saturated heterocycles. The van der Waals surface area contributed by atoms with Crippen molar-refractivity contribution < 1.29 is 14.6 Å². The van der Waals surface area contributed by atoms with Gasteiger partial charge in [-0.05, 0) is 20.3 Å². The molecule has 1 heterocycles. The van der Waals surface area contributed by atoms with Crippen molar-refractivity contribution in [1.29, 1.82) is 0 Å². The Hall–Kier alpha value is -0.950. The Labute approximate surface area is 127 Å². The third-order valence-electron chi connectivity index (χ3n) is 3.01. The van der Waals surface area contributed by atoms with Gasteiger partial charge in [0.2, 0.25) is 0 Å². The van der Waals surface area contributed by atoms with Crippen LogP contribution in [0.5, 0.6) is 0 Å². The zero-order valence-electron chi connectivity index (χ0n) is 13.6. The monoisotopic (exact) mass is 299 g/mol. The number of hydrogen-bond acceptors (Lipinski definition) is 5. The molecule has 0 aliphatic carbocycles. The Morgan fingerprint density at radius 1 is 1.38 bits per heavy atom. The molecule has 1 rings (SSSR count). The molecule has 0 aromatic carbocycles. The van der Waals surface area contributed by atoms with Gasteiger partial charge >= 0.3 is 0 Å². The molecule has 0 amide bonds. The third-order valence-corrected chi connectivity index (χ3v) is 3.01. The number of nitrogens with zero attached hydrogens (tertiary/aromatic N) is 2. The standard InChI is InChI=1S/C15H29N3O3/c1-5-15-13(10-18(4)17-15)8-16-9-14(19)11-20-6-7-21-12(2)3/h10,12,14,16,19H,5-9,11H2,1-4H3. The second-order valence-electron chi connectivity index (χ2n) is 5.41. The Kier molecular flexibility index (Phi) is 8.52. The van der Waals surface area contributed by atoms with Crippen LogP contribution in [0.3, 0.4) is 0 Å². The van der Waals surface area contributed by atoms with Gasteiger partial charge in [0.1, 0.15) is 0 Å². The van der Waals surface area contributed by atoms with E-state index in [9.17, 15) is 5.11 Å². The van der Waals surface area contributed by atoms with Crippen molar-refractivity contribution >= 4 is 0 Å². The number of aliphatic hydroxyl groups excluding tert-OH is 1. The molecule has 0 bridgehead atoms. The first kappa shape index (κ1) is 18.1. The highest BCUT2D eigenvalue weighted by Gasteiger charge is 2.08. The summed E-state index contributed by atoms with van der Waals surface area (Å²) in [6, 6.07) is 0. The number of ether oxygens (including phenoxy) is 2. The van der Waals surface area contributed by atoms with Crippen molar-refractivity contribution in [2.24, 2.45) is 7.05 Å². The van der Waals surface area contributed by atoms with Crippen LogP contribution in [0, 0.1) is 0 Å². The minimum absolute atomic E-state index is 0.215. The van der Waals surface area contributed by atoms with Crippen LogP contribution in [0.1, 0.15) is 32.0 Å². The lowest BCUT2D eigenvalue weighted by Crippen LogP contribution is -2.30. The molecule has 0 saturated carbocycles. The summed E-state index contributed by atoms with van der Waals surface area (Å²) < 4.78 is 12.5. The second kappa shape index (κ2) is 9.89. The summed E-state index contributed by atoms with van der Waals surface area (Å²) in [5.74, 6) is 0. The van der Waals surface area contributed by atoms with Crippen molar-refractivity contribution in [2.45, 2.75) is 45.9 Å². The minimum Gasteiger partial charge on any atom is -0.389 e. The molecule has 2 N–H and O–H groups in total. The fraction of sp³-hybridized carbons (Fsp3) is 0.800. The van der Waals surface area contributed by atoms with Crippen LogP contribution >= 0.6 is 0 Å². The first-order valence-electron chi connectivity index (χ1n) is 7.62. The Morgan fingerprint density at radius 2 is 2.14 bits per heavy atom. The van der Waals surface area contributed by atoms with Crippen LogP contribution in [-0.2, 0) is 29.5 Å². The predicted octanol–water partition coefficient (Wildman–Crippen LogP) is 0.875. The maximum atomic E-state index is 9.82. The molecule has 0 spiro atoms. The van der Waals surface area contributed by atoms with E-state index in [1.54, 1.807) is 0 Å². The van der Waals surface area contributed by atoms with Gasteiger partial charge in [-0.3, -0.25) is 4.68 Å². The van der Waals surface area contributed by atoms with E-state index in [-0.39, 0.29) is 6.10 Å². The normalized spacial score (nSPS) is 13.0. The molecule has 0 radical (unpaired) electrons. The molecule has 6 nitrogen and oxygen atoms in total. The Bertz CT molecular complexity index is 394. The van der Waals surface area contributed by atoms with E-state index in [2.05, 4.69) is 17.3 Å². The second-order valence-corrected chi connectivity index (χ2v) is 5.41. The quantitative estimate of drug-likeness (QED) is 0.594. The maximum absolute atomic E-state index is 9.82. The molecule has 0 fully saturated rings. The topological polar surface area (TPSA) is 68.5 Å². The van der Waals surface area contributed by atoms with E-state index in [4.69, 9.17) is 9.47 Å². The first-order chi connectivity index (χ1) is 10.0. The maximum Gasteiger partial charge on any atom is 0.0897 e. The fourth-order valence-electron chi connectivity index (χ4n) is 2.02. The largest absolute Gasteiger partial charge is 0.389 e. The summed E-state index contributed by atoms with van der Waals surface area (Å²) >= 11 is 0. The lowest BCUT2D eigenvalue weighted by Gasteiger charge is -2.13. The Morgan fingerprint density at radius 3 is 2.81 bits per heavy atom. The number of aromatic nitrogens is 2. The lowest BCUT2D eigenvalue weighted by atomic mass is 10.2. The van der Waals surface area contributed by atoms with Crippen molar-refractivity contribution in [2.75, 3.05) is 26.4 Å². The average Bonchev–Trinajstić information content (AvgIpc) is 2.78. The third kappa shape index (κ3) is 7.57. The number of aryl methyl sites for hydroxylation is 2. The Balaban J connectivity index is 2.11. The van der Waals surface area contributed by atoms with Gasteiger partial charge in [0.25, 0.3) is 0 Å². The number of nitrogens with one attached hydrogen (secondary N) is 1. The van der Waals surface area contributed by atoms with Gasteiger partial charge in [-0.25, -0.2) is 0 Å². The molecule has 1 aromatic rings. The molecule has 0 aliphatic rings. The van der Waals surface area contributed by atoms with Gasteiger partial charge in [-0.2, -0.15) is 5.10 Å². The van der Waals surface area contributed by atoms with E-state index in [1.807, 2.05) is 31.8 Å². The average molecular weight is 299 g/mol. The van der Waals surface area contributed by atoms with E-state index >= 15 is 0 Å². The van der Waals surface area contributed by atoms with E-state index in [1.165, 1.54) is 5.56 Å². The lowest BCUT2D eigenvalue weighted by molar-refractivity contribution is -0.0100.